The third kappa shape index (κ3) is 6.50. The van der Waals surface area contributed by atoms with Gasteiger partial charge in [0.2, 0.25) is 5.91 Å². The monoisotopic (exact) mass is 560 g/mol. The molecule has 4 rings (SSSR count). The summed E-state index contributed by atoms with van der Waals surface area (Å²) in [5.41, 5.74) is 1.35. The van der Waals surface area contributed by atoms with Crippen molar-refractivity contribution in [1.82, 2.24) is 14.9 Å². The maximum absolute atomic E-state index is 12.9. The first kappa shape index (κ1) is 27.9. The van der Waals surface area contributed by atoms with Gasteiger partial charge in [0.25, 0.3) is 0 Å². The lowest BCUT2D eigenvalue weighted by Gasteiger charge is -2.35. The lowest BCUT2D eigenvalue weighted by Crippen LogP contribution is -2.41. The van der Waals surface area contributed by atoms with Crippen LogP contribution in [0, 0.1) is 11.8 Å². The number of hydrogen-bond donors (Lipinski definition) is 1. The molecule has 13 heteroatoms. The third-order valence-corrected chi connectivity index (χ3v) is 9.42. The van der Waals surface area contributed by atoms with E-state index in [4.69, 9.17) is 4.74 Å². The lowest BCUT2D eigenvalue weighted by molar-refractivity contribution is -0.236. The SMILES string of the molecule is CCS(=O)(=O)c1ccc(CC(=O)Nc2nc3c(s2)CN(C[C@@H]2CC[C@H](C(F)(F)F)OC2)[C@H]3C(C)C)nc1. The largest absolute Gasteiger partial charge is 0.414 e. The van der Waals surface area contributed by atoms with Gasteiger partial charge in [0.1, 0.15) is 0 Å². The molecule has 2 aliphatic heterocycles. The molecule has 204 valence electrons. The molecule has 0 aliphatic carbocycles. The maximum atomic E-state index is 12.9. The minimum Gasteiger partial charge on any atom is -0.368 e. The van der Waals surface area contributed by atoms with Crippen molar-refractivity contribution in [2.75, 3.05) is 24.2 Å². The highest BCUT2D eigenvalue weighted by molar-refractivity contribution is 7.91. The molecule has 3 atom stereocenters. The van der Waals surface area contributed by atoms with Crippen molar-refractivity contribution in [3.05, 3.63) is 34.6 Å². The Balaban J connectivity index is 1.35. The van der Waals surface area contributed by atoms with Crippen molar-refractivity contribution in [2.24, 2.45) is 11.8 Å². The highest BCUT2D eigenvalue weighted by Gasteiger charge is 2.44. The molecular weight excluding hydrogens is 529 g/mol. The summed E-state index contributed by atoms with van der Waals surface area (Å²) >= 11 is 1.40. The van der Waals surface area contributed by atoms with Gasteiger partial charge in [-0.05, 0) is 36.8 Å². The smallest absolute Gasteiger partial charge is 0.368 e. The Morgan fingerprint density at radius 1 is 1.30 bits per heavy atom. The highest BCUT2D eigenvalue weighted by atomic mass is 32.2. The number of nitrogens with zero attached hydrogens (tertiary/aromatic N) is 3. The molecule has 8 nitrogen and oxygen atoms in total. The van der Waals surface area contributed by atoms with Crippen molar-refractivity contribution < 1.29 is 31.1 Å². The van der Waals surface area contributed by atoms with Gasteiger partial charge in [-0.3, -0.25) is 14.7 Å². The van der Waals surface area contributed by atoms with Crippen LogP contribution in [-0.4, -0.2) is 60.4 Å². The number of halogens is 3. The average molecular weight is 561 g/mol. The van der Waals surface area contributed by atoms with Crippen LogP contribution in [0.2, 0.25) is 0 Å². The zero-order chi connectivity index (χ0) is 27.0. The molecule has 2 aliphatic rings. The maximum Gasteiger partial charge on any atom is 0.414 e. The molecule has 1 amide bonds. The predicted molar refractivity (Wildman–Crippen MR) is 133 cm³/mol. The fraction of sp³-hybridized carbons (Fsp3) is 0.625. The number of rotatable bonds is 8. The van der Waals surface area contributed by atoms with Gasteiger partial charge in [-0.15, -0.1) is 11.3 Å². The van der Waals surface area contributed by atoms with E-state index in [1.165, 1.54) is 29.7 Å². The third-order valence-electron chi connectivity index (χ3n) is 6.73. The Kier molecular flexibility index (Phi) is 8.27. The fourth-order valence-corrected chi connectivity index (χ4v) is 6.73. The number of sulfone groups is 1. The first-order valence-corrected chi connectivity index (χ1v) is 14.7. The predicted octanol–water partition coefficient (Wildman–Crippen LogP) is 4.38. The van der Waals surface area contributed by atoms with Crippen LogP contribution < -0.4 is 5.32 Å². The van der Waals surface area contributed by atoms with Crippen LogP contribution in [-0.2, 0) is 32.3 Å². The van der Waals surface area contributed by atoms with Crippen LogP contribution in [0.4, 0.5) is 18.3 Å². The summed E-state index contributed by atoms with van der Waals surface area (Å²) in [6, 6.07) is 2.99. The number of amides is 1. The second-order valence-electron chi connectivity index (χ2n) is 9.87. The first-order chi connectivity index (χ1) is 17.4. The number of nitrogens with one attached hydrogen (secondary N) is 1. The molecule has 0 saturated carbocycles. The van der Waals surface area contributed by atoms with Crippen molar-refractivity contribution in [3.63, 3.8) is 0 Å². The van der Waals surface area contributed by atoms with Gasteiger partial charge in [-0.25, -0.2) is 13.4 Å². The minimum atomic E-state index is -4.32. The first-order valence-electron chi connectivity index (χ1n) is 12.3. The molecule has 4 heterocycles. The second kappa shape index (κ2) is 11.0. The zero-order valence-corrected chi connectivity index (χ0v) is 22.5. The summed E-state index contributed by atoms with van der Waals surface area (Å²) in [6.45, 7) is 7.06. The number of carbonyl (C=O) groups is 1. The van der Waals surface area contributed by atoms with Crippen LogP contribution in [0.5, 0.6) is 0 Å². The summed E-state index contributed by atoms with van der Waals surface area (Å²) in [5, 5.41) is 3.30. The molecule has 2 aromatic heterocycles. The number of pyridine rings is 1. The van der Waals surface area contributed by atoms with E-state index in [2.05, 4.69) is 34.0 Å². The number of fused-ring (bicyclic) bond motifs is 1. The standard InChI is InChI=1S/C24H31F3N4O4S2/c1-4-37(33,34)17-7-6-16(28-10-17)9-20(32)29-23-30-21-18(36-23)12-31(22(21)14(2)3)11-15-5-8-19(35-13-15)24(25,26)27/h6-7,10,14-15,19,22H,4-5,8-9,11-13H2,1-3H3,(H,29,30,32)/t15-,19+,22-/m0/s1. The number of carbonyl (C=O) groups excluding carboxylic acids is 1. The van der Waals surface area contributed by atoms with Crippen molar-refractivity contribution in [3.8, 4) is 0 Å². The van der Waals surface area contributed by atoms with Gasteiger partial charge in [-0.2, -0.15) is 13.2 Å². The van der Waals surface area contributed by atoms with E-state index < -0.39 is 22.1 Å². The average Bonchev–Trinajstić information content (AvgIpc) is 3.35. The fourth-order valence-electron chi connectivity index (χ4n) is 4.87. The van der Waals surface area contributed by atoms with Gasteiger partial charge in [0.15, 0.2) is 21.1 Å². The van der Waals surface area contributed by atoms with Crippen molar-refractivity contribution in [1.29, 1.82) is 0 Å². The number of thiazole rings is 1. The molecule has 0 aromatic carbocycles. The summed E-state index contributed by atoms with van der Waals surface area (Å²) in [4.78, 5) is 24.8. The van der Waals surface area contributed by atoms with Gasteiger partial charge < -0.3 is 10.1 Å². The van der Waals surface area contributed by atoms with Crippen LogP contribution in [0.1, 0.15) is 55.9 Å². The van der Waals surface area contributed by atoms with Crippen molar-refractivity contribution >= 4 is 32.2 Å². The summed E-state index contributed by atoms with van der Waals surface area (Å²) in [5.74, 6) is -0.0754. The lowest BCUT2D eigenvalue weighted by atomic mass is 9.95. The number of aromatic nitrogens is 2. The number of alkyl halides is 3. The van der Waals surface area contributed by atoms with Crippen LogP contribution in [0.25, 0.3) is 0 Å². The summed E-state index contributed by atoms with van der Waals surface area (Å²) in [7, 11) is -3.35. The summed E-state index contributed by atoms with van der Waals surface area (Å²) in [6.07, 6.45) is -4.29. The Morgan fingerprint density at radius 3 is 2.62 bits per heavy atom. The Hall–Kier alpha value is -2.09. The Labute approximate surface area is 218 Å². The van der Waals surface area contributed by atoms with Gasteiger partial charge in [0, 0.05) is 29.9 Å². The normalized spacial score (nSPS) is 22.8. The second-order valence-corrected chi connectivity index (χ2v) is 13.2. The molecule has 2 aromatic rings. The Morgan fingerprint density at radius 2 is 2.05 bits per heavy atom. The number of hydrogen-bond acceptors (Lipinski definition) is 8. The van der Waals surface area contributed by atoms with E-state index in [0.717, 1.165) is 10.6 Å². The van der Waals surface area contributed by atoms with Crippen LogP contribution in [0.3, 0.4) is 0 Å². The van der Waals surface area contributed by atoms with Gasteiger partial charge in [0.05, 0.1) is 35.4 Å². The molecule has 37 heavy (non-hydrogen) atoms. The highest BCUT2D eigenvalue weighted by Crippen LogP contribution is 2.43. The van der Waals surface area contributed by atoms with Crippen LogP contribution >= 0.6 is 11.3 Å². The molecule has 0 spiro atoms. The van der Waals surface area contributed by atoms with E-state index in [0.29, 0.717) is 30.3 Å². The number of ether oxygens (including phenoxy) is 1. The topological polar surface area (TPSA) is 101 Å². The Bertz CT molecular complexity index is 1210. The minimum absolute atomic E-state index is 0.00645. The van der Waals surface area contributed by atoms with E-state index in [-0.39, 0.29) is 53.9 Å². The van der Waals surface area contributed by atoms with Gasteiger partial charge >= 0.3 is 6.18 Å². The molecule has 0 unspecified atom stereocenters. The quantitative estimate of drug-likeness (QED) is 0.511. The van der Waals surface area contributed by atoms with Crippen LogP contribution in [0.15, 0.2) is 23.2 Å². The molecule has 0 radical (unpaired) electrons. The molecule has 1 saturated heterocycles. The molecule has 1 N–H and O–H groups in total. The molecular formula is C24H31F3N4O4S2. The van der Waals surface area contributed by atoms with Crippen molar-refractivity contribution in [2.45, 2.75) is 69.8 Å². The molecule has 1 fully saturated rings. The number of anilines is 1. The van der Waals surface area contributed by atoms with E-state index in [1.807, 2.05) is 0 Å². The van der Waals surface area contributed by atoms with E-state index >= 15 is 0 Å². The van der Waals surface area contributed by atoms with Gasteiger partial charge in [-0.1, -0.05) is 20.8 Å². The summed E-state index contributed by atoms with van der Waals surface area (Å²) < 4.78 is 67.7. The zero-order valence-electron chi connectivity index (χ0n) is 20.9. The van der Waals surface area contributed by atoms with E-state index in [1.54, 1.807) is 6.92 Å². The molecule has 0 bridgehead atoms. The van der Waals surface area contributed by atoms with E-state index in [9.17, 15) is 26.4 Å².